The van der Waals surface area contributed by atoms with E-state index in [9.17, 15) is 4.79 Å². The van der Waals surface area contributed by atoms with E-state index in [2.05, 4.69) is 25.9 Å². The molecule has 0 saturated carbocycles. The quantitative estimate of drug-likeness (QED) is 0.714. The molecule has 66 valence electrons. The summed E-state index contributed by atoms with van der Waals surface area (Å²) in [5, 5.41) is 0.658. The number of halogens is 1. The Morgan fingerprint density at radius 2 is 2.23 bits per heavy atom. The number of rotatable bonds is 0. The zero-order valence-electron chi connectivity index (χ0n) is 6.97. The predicted molar refractivity (Wildman–Crippen MR) is 54.8 cm³/mol. The average molecular weight is 239 g/mol. The molecule has 2 aromatic rings. The lowest BCUT2D eigenvalue weighted by molar-refractivity contribution is 1.11. The van der Waals surface area contributed by atoms with Gasteiger partial charge in [0.25, 0.3) is 5.56 Å². The van der Waals surface area contributed by atoms with Crippen LogP contribution >= 0.6 is 15.9 Å². The van der Waals surface area contributed by atoms with Gasteiger partial charge in [-0.1, -0.05) is 12.1 Å². The van der Waals surface area contributed by atoms with Crippen molar-refractivity contribution in [2.24, 2.45) is 0 Å². The van der Waals surface area contributed by atoms with E-state index in [1.807, 2.05) is 25.1 Å². The summed E-state index contributed by atoms with van der Waals surface area (Å²) in [7, 11) is 0. The topological polar surface area (TPSA) is 45.8 Å². The number of hydrogen-bond donors (Lipinski definition) is 1. The molecule has 4 heteroatoms. The number of aryl methyl sites for hydroxylation is 1. The van der Waals surface area contributed by atoms with Crippen LogP contribution < -0.4 is 5.56 Å². The molecule has 0 amide bonds. The van der Waals surface area contributed by atoms with Gasteiger partial charge < -0.3 is 4.98 Å². The highest BCUT2D eigenvalue weighted by Gasteiger charge is 2.03. The molecular weight excluding hydrogens is 232 g/mol. The standard InChI is InChI=1S/C9H7BrN2O/c1-5-3-2-4-6-7(5)8(13)12-9(10)11-6/h2-4H,1H3,(H,11,12,13). The van der Waals surface area contributed by atoms with Crippen molar-refractivity contribution >= 4 is 26.8 Å². The first-order valence-corrected chi connectivity index (χ1v) is 4.63. The van der Waals surface area contributed by atoms with Gasteiger partial charge >= 0.3 is 0 Å². The van der Waals surface area contributed by atoms with Crippen LogP contribution in [0.25, 0.3) is 10.9 Å². The van der Waals surface area contributed by atoms with Crippen molar-refractivity contribution in [3.05, 3.63) is 38.9 Å². The predicted octanol–water partition coefficient (Wildman–Crippen LogP) is 1.99. The van der Waals surface area contributed by atoms with Gasteiger partial charge in [0.05, 0.1) is 10.9 Å². The minimum Gasteiger partial charge on any atom is -0.301 e. The fourth-order valence-electron chi connectivity index (χ4n) is 1.33. The van der Waals surface area contributed by atoms with E-state index in [0.717, 1.165) is 11.1 Å². The highest BCUT2D eigenvalue weighted by molar-refractivity contribution is 9.10. The number of hydrogen-bond acceptors (Lipinski definition) is 2. The lowest BCUT2D eigenvalue weighted by Crippen LogP contribution is -2.09. The molecule has 2 rings (SSSR count). The summed E-state index contributed by atoms with van der Waals surface area (Å²) in [4.78, 5) is 18.3. The minimum atomic E-state index is -0.102. The van der Waals surface area contributed by atoms with Gasteiger partial charge in [0.1, 0.15) is 0 Å². The van der Waals surface area contributed by atoms with Crippen LogP contribution in [0, 0.1) is 6.92 Å². The molecule has 1 aromatic carbocycles. The maximum Gasteiger partial charge on any atom is 0.259 e. The van der Waals surface area contributed by atoms with Crippen LogP contribution in [0.5, 0.6) is 0 Å². The summed E-state index contributed by atoms with van der Waals surface area (Å²) in [5.74, 6) is 0. The second-order valence-electron chi connectivity index (χ2n) is 2.83. The maximum atomic E-state index is 11.5. The molecular formula is C9H7BrN2O. The summed E-state index contributed by atoms with van der Waals surface area (Å²) < 4.78 is 0.468. The average Bonchev–Trinajstić information content (AvgIpc) is 2.02. The summed E-state index contributed by atoms with van der Waals surface area (Å²) in [6.45, 7) is 1.90. The molecule has 0 fully saturated rings. The van der Waals surface area contributed by atoms with E-state index in [1.54, 1.807) is 0 Å². The van der Waals surface area contributed by atoms with E-state index < -0.39 is 0 Å². The fourth-order valence-corrected chi connectivity index (χ4v) is 1.70. The Labute approximate surface area is 82.9 Å². The Hall–Kier alpha value is -1.16. The van der Waals surface area contributed by atoms with E-state index in [-0.39, 0.29) is 5.56 Å². The summed E-state index contributed by atoms with van der Waals surface area (Å²) in [6.07, 6.45) is 0. The molecule has 0 aliphatic rings. The summed E-state index contributed by atoms with van der Waals surface area (Å²) in [5.41, 5.74) is 1.56. The van der Waals surface area contributed by atoms with E-state index in [1.165, 1.54) is 0 Å². The largest absolute Gasteiger partial charge is 0.301 e. The first-order chi connectivity index (χ1) is 6.18. The van der Waals surface area contributed by atoms with Crippen molar-refractivity contribution in [2.45, 2.75) is 6.92 Å². The number of nitrogens with zero attached hydrogens (tertiary/aromatic N) is 1. The number of aromatic nitrogens is 2. The lowest BCUT2D eigenvalue weighted by Gasteiger charge is -1.99. The van der Waals surface area contributed by atoms with Crippen molar-refractivity contribution in [1.82, 2.24) is 9.97 Å². The van der Waals surface area contributed by atoms with Gasteiger partial charge in [0, 0.05) is 0 Å². The Balaban J connectivity index is 3.03. The second kappa shape index (κ2) is 2.96. The van der Waals surface area contributed by atoms with Crippen LogP contribution in [0.2, 0.25) is 0 Å². The zero-order chi connectivity index (χ0) is 9.42. The van der Waals surface area contributed by atoms with Crippen molar-refractivity contribution in [1.29, 1.82) is 0 Å². The third-order valence-corrected chi connectivity index (χ3v) is 2.29. The number of H-pyrrole nitrogens is 1. The highest BCUT2D eigenvalue weighted by atomic mass is 79.9. The van der Waals surface area contributed by atoms with E-state index in [4.69, 9.17) is 0 Å². The van der Waals surface area contributed by atoms with Gasteiger partial charge in [-0.2, -0.15) is 0 Å². The smallest absolute Gasteiger partial charge is 0.259 e. The molecule has 0 aliphatic heterocycles. The first kappa shape index (κ1) is 8.44. The number of fused-ring (bicyclic) bond motifs is 1. The van der Waals surface area contributed by atoms with E-state index >= 15 is 0 Å². The second-order valence-corrected chi connectivity index (χ2v) is 3.58. The molecule has 1 N–H and O–H groups in total. The summed E-state index contributed by atoms with van der Waals surface area (Å²) in [6, 6.07) is 5.60. The van der Waals surface area contributed by atoms with Crippen LogP contribution in [-0.4, -0.2) is 9.97 Å². The van der Waals surface area contributed by atoms with Crippen LogP contribution in [0.1, 0.15) is 5.56 Å². The third kappa shape index (κ3) is 1.37. The summed E-state index contributed by atoms with van der Waals surface area (Å²) >= 11 is 3.14. The van der Waals surface area contributed by atoms with Gasteiger partial charge in [-0.3, -0.25) is 4.79 Å². The molecule has 1 aromatic heterocycles. The Bertz CT molecular complexity index is 518. The van der Waals surface area contributed by atoms with E-state index in [0.29, 0.717) is 10.1 Å². The third-order valence-electron chi connectivity index (χ3n) is 1.91. The number of nitrogens with one attached hydrogen (secondary N) is 1. The van der Waals surface area contributed by atoms with Gasteiger partial charge in [-0.25, -0.2) is 4.98 Å². The monoisotopic (exact) mass is 238 g/mol. The molecule has 1 heterocycles. The van der Waals surface area contributed by atoms with Crippen LogP contribution in [0.3, 0.4) is 0 Å². The molecule has 0 saturated heterocycles. The molecule has 0 radical (unpaired) electrons. The fraction of sp³-hybridized carbons (Fsp3) is 0.111. The van der Waals surface area contributed by atoms with Gasteiger partial charge in [-0.05, 0) is 34.5 Å². The van der Waals surface area contributed by atoms with Crippen molar-refractivity contribution < 1.29 is 0 Å². The van der Waals surface area contributed by atoms with Crippen molar-refractivity contribution in [3.63, 3.8) is 0 Å². The highest BCUT2D eigenvalue weighted by Crippen LogP contribution is 2.12. The Kier molecular flexibility index (Phi) is 1.92. The molecule has 0 spiro atoms. The Morgan fingerprint density at radius 3 is 3.00 bits per heavy atom. The number of benzene rings is 1. The van der Waals surface area contributed by atoms with Gasteiger partial charge in [0.15, 0.2) is 4.73 Å². The minimum absolute atomic E-state index is 0.102. The Morgan fingerprint density at radius 1 is 1.46 bits per heavy atom. The maximum absolute atomic E-state index is 11.5. The van der Waals surface area contributed by atoms with Gasteiger partial charge in [-0.15, -0.1) is 0 Å². The molecule has 13 heavy (non-hydrogen) atoms. The van der Waals surface area contributed by atoms with Gasteiger partial charge in [0.2, 0.25) is 0 Å². The first-order valence-electron chi connectivity index (χ1n) is 3.83. The molecule has 0 bridgehead atoms. The molecule has 0 unspecified atom stereocenters. The van der Waals surface area contributed by atoms with Crippen LogP contribution in [-0.2, 0) is 0 Å². The van der Waals surface area contributed by atoms with Crippen LogP contribution in [0.4, 0.5) is 0 Å². The van der Waals surface area contributed by atoms with Crippen molar-refractivity contribution in [3.8, 4) is 0 Å². The normalized spacial score (nSPS) is 10.6. The van der Waals surface area contributed by atoms with Crippen LogP contribution in [0.15, 0.2) is 27.7 Å². The molecule has 0 aliphatic carbocycles. The molecule has 3 nitrogen and oxygen atoms in total. The SMILES string of the molecule is Cc1cccc2nc(Br)[nH]c(=O)c12. The number of aromatic amines is 1. The van der Waals surface area contributed by atoms with Crippen molar-refractivity contribution in [2.75, 3.05) is 0 Å². The zero-order valence-corrected chi connectivity index (χ0v) is 8.55. The molecule has 0 atom stereocenters. The lowest BCUT2D eigenvalue weighted by atomic mass is 10.1.